The Morgan fingerprint density at radius 2 is 1.08 bits per heavy atom. The summed E-state index contributed by atoms with van der Waals surface area (Å²) in [6, 6.07) is 7.67. The van der Waals surface area contributed by atoms with Crippen LogP contribution in [-0.2, 0) is 41.5 Å². The Hall–Kier alpha value is -5.52. The molecule has 0 amide bonds. The Balaban J connectivity index is 1.89. The van der Waals surface area contributed by atoms with Crippen LogP contribution in [-0.4, -0.2) is 68.2 Å². The summed E-state index contributed by atoms with van der Waals surface area (Å²) in [6.45, 7) is 8.97. The van der Waals surface area contributed by atoms with Gasteiger partial charge in [-0.25, -0.2) is 9.97 Å². The van der Waals surface area contributed by atoms with Gasteiger partial charge in [-0.3, -0.25) is 19.2 Å². The van der Waals surface area contributed by atoms with Crippen molar-refractivity contribution in [3.8, 4) is 0 Å². The molecule has 4 N–H and O–H groups in total. The lowest BCUT2D eigenvalue weighted by molar-refractivity contribution is -0.137. The van der Waals surface area contributed by atoms with Crippen LogP contribution in [0.3, 0.4) is 0 Å². The van der Waals surface area contributed by atoms with Gasteiger partial charge < -0.3 is 29.7 Å². The molecule has 48 heavy (non-hydrogen) atoms. The second-order valence-electron chi connectivity index (χ2n) is 11.9. The second kappa shape index (κ2) is 14.5. The van der Waals surface area contributed by atoms with E-state index in [4.69, 9.17) is 19.4 Å². The zero-order valence-corrected chi connectivity index (χ0v) is 27.4. The highest BCUT2D eigenvalue weighted by Gasteiger charge is 2.22. The number of carboxylic acids is 2. The third-order valence-electron chi connectivity index (χ3n) is 9.05. The van der Waals surface area contributed by atoms with Crippen LogP contribution in [0.25, 0.3) is 44.4 Å². The summed E-state index contributed by atoms with van der Waals surface area (Å²) in [6.07, 6.45) is 1.30. The lowest BCUT2D eigenvalue weighted by Gasteiger charge is -2.04. The Morgan fingerprint density at radius 3 is 1.69 bits per heavy atom. The van der Waals surface area contributed by atoms with E-state index < -0.39 is 11.9 Å². The first kappa shape index (κ1) is 33.8. The van der Waals surface area contributed by atoms with E-state index in [1.807, 2.05) is 52.0 Å². The number of carbonyl (C=O) groups excluding carboxylic acids is 2. The number of aromatic amines is 2. The van der Waals surface area contributed by atoms with Gasteiger partial charge in [0.05, 0.1) is 36.0 Å². The zero-order valence-electron chi connectivity index (χ0n) is 27.4. The summed E-state index contributed by atoms with van der Waals surface area (Å²) >= 11 is 0. The van der Waals surface area contributed by atoms with Crippen LogP contribution in [0.1, 0.15) is 84.6 Å². The first-order valence-electron chi connectivity index (χ1n) is 15.7. The number of hydrogen-bond donors (Lipinski definition) is 4. The van der Waals surface area contributed by atoms with Crippen LogP contribution >= 0.6 is 0 Å². The van der Waals surface area contributed by atoms with Crippen molar-refractivity contribution in [2.45, 2.75) is 66.2 Å². The fourth-order valence-electron chi connectivity index (χ4n) is 6.37. The lowest BCUT2D eigenvalue weighted by atomic mass is 9.99. The van der Waals surface area contributed by atoms with Crippen molar-refractivity contribution in [3.63, 3.8) is 0 Å². The van der Waals surface area contributed by atoms with Crippen molar-refractivity contribution in [1.82, 2.24) is 19.9 Å². The smallest absolute Gasteiger partial charge is 0.303 e. The highest BCUT2D eigenvalue weighted by molar-refractivity contribution is 5.96. The molecule has 5 heterocycles. The van der Waals surface area contributed by atoms with Gasteiger partial charge in [0.2, 0.25) is 0 Å². The molecule has 2 aliphatic rings. The summed E-state index contributed by atoms with van der Waals surface area (Å²) in [4.78, 5) is 62.1. The average Bonchev–Trinajstić information content (AvgIpc) is 3.69. The van der Waals surface area contributed by atoms with Crippen LogP contribution in [0.4, 0.5) is 0 Å². The third-order valence-corrected chi connectivity index (χ3v) is 9.05. The van der Waals surface area contributed by atoms with E-state index in [2.05, 4.69) is 9.97 Å². The largest absolute Gasteiger partial charge is 0.481 e. The molecule has 0 atom stereocenters. The molecule has 8 bridgehead atoms. The molecule has 3 aromatic rings. The summed E-state index contributed by atoms with van der Waals surface area (Å²) in [7, 11) is 0. The maximum absolute atomic E-state index is 11.6. The fourth-order valence-corrected chi connectivity index (χ4v) is 6.37. The third kappa shape index (κ3) is 7.07. The lowest BCUT2D eigenvalue weighted by Crippen LogP contribution is -1.98. The minimum Gasteiger partial charge on any atom is -0.481 e. The van der Waals surface area contributed by atoms with Crippen molar-refractivity contribution < 1.29 is 38.9 Å². The quantitative estimate of drug-likeness (QED) is 0.120. The molecule has 250 valence electrons. The van der Waals surface area contributed by atoms with Gasteiger partial charge >= 0.3 is 11.9 Å². The predicted molar refractivity (Wildman–Crippen MR) is 181 cm³/mol. The van der Waals surface area contributed by atoms with Crippen LogP contribution in [0, 0.1) is 13.8 Å². The number of nitrogens with one attached hydrogen (secondary N) is 2. The molecular formula is C36H38N4O8. The van der Waals surface area contributed by atoms with Gasteiger partial charge in [-0.15, -0.1) is 0 Å². The van der Waals surface area contributed by atoms with Crippen LogP contribution < -0.4 is 0 Å². The van der Waals surface area contributed by atoms with Crippen LogP contribution in [0.15, 0.2) is 24.3 Å². The van der Waals surface area contributed by atoms with E-state index in [1.54, 1.807) is 0 Å². The van der Waals surface area contributed by atoms with Gasteiger partial charge in [0, 0.05) is 47.8 Å². The zero-order chi connectivity index (χ0) is 34.5. The number of nitrogens with zero attached hydrogens (tertiary/aromatic N) is 2. The van der Waals surface area contributed by atoms with E-state index in [0.29, 0.717) is 60.5 Å². The SMILES string of the molecule is CC1=C(CCOC=O)c2cc3[nH]c(cc4[nH]c(cc5nc(cc1n2)C(CCC(=O)O)=C5C)c(CCC(=O)O)c4C)c(CCOC=O)c3C. The molecule has 0 spiro atoms. The molecule has 0 saturated heterocycles. The Kier molecular flexibility index (Phi) is 10.2. The number of H-pyrrole nitrogens is 2. The van der Waals surface area contributed by atoms with Crippen molar-refractivity contribution in [2.24, 2.45) is 0 Å². The number of fused-ring (bicyclic) bond motifs is 8. The second-order valence-corrected chi connectivity index (χ2v) is 11.9. The highest BCUT2D eigenvalue weighted by atomic mass is 16.5. The van der Waals surface area contributed by atoms with E-state index in [-0.39, 0.29) is 32.5 Å². The van der Waals surface area contributed by atoms with E-state index in [1.165, 1.54) is 0 Å². The molecule has 12 nitrogen and oxygen atoms in total. The van der Waals surface area contributed by atoms with Gasteiger partial charge in [0.15, 0.2) is 0 Å². The Morgan fingerprint density at radius 1 is 0.625 bits per heavy atom. The molecule has 0 aromatic carbocycles. The molecule has 12 heteroatoms. The fraction of sp³-hybridized carbons (Fsp3) is 0.333. The monoisotopic (exact) mass is 654 g/mol. The standard InChI is InChI=1S/C36H38N4O8/c1-19-23(5-7-35(43)44)32-14-29-21(3)25(9-11-47-17-41)34(39-29)16-30-22(4)26(10-12-48-18-42)33(40-30)15-28-20(2)24(6-8-36(45)46)31(38-28)13-27(19)37-32/h13-18,38,40H,5-12H2,1-4H3,(H,43,44)(H,45,46). The summed E-state index contributed by atoms with van der Waals surface area (Å²) in [5.74, 6) is -1.83. The molecule has 0 radical (unpaired) electrons. The molecular weight excluding hydrogens is 616 g/mol. The minimum absolute atomic E-state index is 0.0610. The maximum Gasteiger partial charge on any atom is 0.303 e. The molecule has 5 rings (SSSR count). The summed E-state index contributed by atoms with van der Waals surface area (Å²) < 4.78 is 10.1. The first-order chi connectivity index (χ1) is 23.0. The van der Waals surface area contributed by atoms with Crippen molar-refractivity contribution in [1.29, 1.82) is 0 Å². The van der Waals surface area contributed by atoms with Crippen molar-refractivity contribution in [2.75, 3.05) is 13.2 Å². The van der Waals surface area contributed by atoms with E-state index in [9.17, 15) is 29.4 Å². The Labute approximate surface area is 276 Å². The Bertz CT molecular complexity index is 2030. The average molecular weight is 655 g/mol. The van der Waals surface area contributed by atoms with Gasteiger partial charge in [-0.05, 0) is 109 Å². The number of rotatable bonds is 14. The first-order valence-corrected chi connectivity index (χ1v) is 15.7. The van der Waals surface area contributed by atoms with Crippen LogP contribution in [0.2, 0.25) is 0 Å². The number of allylic oxidation sites excluding steroid dienone is 3. The number of aryl methyl sites for hydroxylation is 3. The predicted octanol–water partition coefficient (Wildman–Crippen LogP) is 5.95. The van der Waals surface area contributed by atoms with Crippen molar-refractivity contribution in [3.05, 3.63) is 69.3 Å². The number of hydrogen-bond acceptors (Lipinski definition) is 8. The number of ether oxygens (including phenoxy) is 2. The number of carboxylic acid groups (broad SMARTS) is 2. The van der Waals surface area contributed by atoms with Gasteiger partial charge in [-0.1, -0.05) is 0 Å². The molecule has 0 fully saturated rings. The van der Waals surface area contributed by atoms with Crippen LogP contribution in [0.5, 0.6) is 0 Å². The van der Waals surface area contributed by atoms with Crippen molar-refractivity contribution >= 4 is 69.2 Å². The molecule has 0 saturated carbocycles. The number of carbonyl (C=O) groups is 4. The molecule has 0 aliphatic carbocycles. The number of aromatic nitrogens is 4. The van der Waals surface area contributed by atoms with Gasteiger partial charge in [0.25, 0.3) is 12.9 Å². The van der Waals surface area contributed by atoms with E-state index in [0.717, 1.165) is 61.1 Å². The highest BCUT2D eigenvalue weighted by Crippen LogP contribution is 2.37. The molecule has 2 aliphatic heterocycles. The summed E-state index contributed by atoms with van der Waals surface area (Å²) in [5, 5.41) is 19.0. The maximum atomic E-state index is 11.6. The number of aliphatic carboxylic acids is 2. The van der Waals surface area contributed by atoms with Gasteiger partial charge in [-0.2, -0.15) is 0 Å². The minimum atomic E-state index is -0.920. The van der Waals surface area contributed by atoms with E-state index >= 15 is 0 Å². The molecule has 0 unspecified atom stereocenters. The molecule has 3 aromatic heterocycles. The summed E-state index contributed by atoms with van der Waals surface area (Å²) in [5.41, 5.74) is 12.7. The normalized spacial score (nSPS) is 12.8. The van der Waals surface area contributed by atoms with Gasteiger partial charge in [0.1, 0.15) is 0 Å². The topological polar surface area (TPSA) is 185 Å².